The van der Waals surface area contributed by atoms with Crippen molar-refractivity contribution in [2.45, 2.75) is 25.8 Å². The van der Waals surface area contributed by atoms with Crippen LogP contribution >= 0.6 is 0 Å². The molecule has 17 heavy (non-hydrogen) atoms. The lowest BCUT2D eigenvalue weighted by Crippen LogP contribution is -2.54. The SMILES string of the molecule is CCOCC(C)(NCCCN=[N+]=[N-])C(=O)OC. The average Bonchev–Trinajstić information content (AvgIpc) is 2.35. The van der Waals surface area contributed by atoms with E-state index in [-0.39, 0.29) is 12.6 Å². The third-order valence-electron chi connectivity index (χ3n) is 2.24. The summed E-state index contributed by atoms with van der Waals surface area (Å²) in [5, 5.41) is 6.47. The van der Waals surface area contributed by atoms with Crippen molar-refractivity contribution in [2.75, 3.05) is 33.4 Å². The fraction of sp³-hybridized carbons (Fsp3) is 0.900. The zero-order valence-electron chi connectivity index (χ0n) is 10.6. The van der Waals surface area contributed by atoms with E-state index in [0.717, 1.165) is 0 Å². The number of hydrogen-bond donors (Lipinski definition) is 1. The largest absolute Gasteiger partial charge is 0.468 e. The van der Waals surface area contributed by atoms with Gasteiger partial charge in [0.1, 0.15) is 5.54 Å². The van der Waals surface area contributed by atoms with Gasteiger partial charge in [0.25, 0.3) is 0 Å². The summed E-state index contributed by atoms with van der Waals surface area (Å²) in [5.41, 5.74) is 7.25. The summed E-state index contributed by atoms with van der Waals surface area (Å²) >= 11 is 0. The molecule has 1 N–H and O–H groups in total. The van der Waals surface area contributed by atoms with Crippen LogP contribution in [0.15, 0.2) is 5.11 Å². The van der Waals surface area contributed by atoms with E-state index < -0.39 is 5.54 Å². The number of azide groups is 1. The predicted molar refractivity (Wildman–Crippen MR) is 63.5 cm³/mol. The highest BCUT2D eigenvalue weighted by Gasteiger charge is 2.33. The maximum Gasteiger partial charge on any atom is 0.328 e. The highest BCUT2D eigenvalue weighted by molar-refractivity contribution is 5.80. The molecule has 0 aliphatic rings. The normalized spacial score (nSPS) is 13.6. The molecule has 0 amide bonds. The Balaban J connectivity index is 4.18. The van der Waals surface area contributed by atoms with Crippen molar-refractivity contribution in [2.24, 2.45) is 5.11 Å². The second-order valence-corrected chi connectivity index (χ2v) is 3.70. The van der Waals surface area contributed by atoms with E-state index in [1.165, 1.54) is 7.11 Å². The van der Waals surface area contributed by atoms with Crippen LogP contribution in [0.2, 0.25) is 0 Å². The second kappa shape index (κ2) is 8.81. The van der Waals surface area contributed by atoms with E-state index in [2.05, 4.69) is 15.3 Å². The van der Waals surface area contributed by atoms with Crippen molar-refractivity contribution in [3.8, 4) is 0 Å². The van der Waals surface area contributed by atoms with Gasteiger partial charge in [-0.2, -0.15) is 0 Å². The highest BCUT2D eigenvalue weighted by atomic mass is 16.5. The Labute approximate surface area is 101 Å². The molecule has 0 aromatic rings. The quantitative estimate of drug-likeness (QED) is 0.217. The molecule has 0 rings (SSSR count). The maximum absolute atomic E-state index is 11.6. The van der Waals surface area contributed by atoms with Crippen LogP contribution in [0.1, 0.15) is 20.3 Å². The van der Waals surface area contributed by atoms with Gasteiger partial charge in [-0.25, -0.2) is 4.79 Å². The third-order valence-corrected chi connectivity index (χ3v) is 2.24. The number of ether oxygens (including phenoxy) is 2. The van der Waals surface area contributed by atoms with Gasteiger partial charge in [0.15, 0.2) is 0 Å². The summed E-state index contributed by atoms with van der Waals surface area (Å²) in [5.74, 6) is -0.366. The van der Waals surface area contributed by atoms with E-state index >= 15 is 0 Å². The van der Waals surface area contributed by atoms with E-state index in [4.69, 9.17) is 15.0 Å². The van der Waals surface area contributed by atoms with Crippen molar-refractivity contribution in [3.05, 3.63) is 10.4 Å². The Morgan fingerprint density at radius 3 is 2.82 bits per heavy atom. The molecule has 7 heteroatoms. The lowest BCUT2D eigenvalue weighted by molar-refractivity contribution is -0.150. The molecule has 0 aliphatic carbocycles. The van der Waals surface area contributed by atoms with Crippen molar-refractivity contribution < 1.29 is 14.3 Å². The first-order valence-electron chi connectivity index (χ1n) is 5.52. The van der Waals surface area contributed by atoms with Crippen molar-refractivity contribution in [1.82, 2.24) is 5.32 Å². The Morgan fingerprint density at radius 1 is 1.59 bits per heavy atom. The standard InChI is InChI=1S/C10H20N4O3/c1-4-17-8-10(2,9(15)16-3)12-6-5-7-13-14-11/h12H,4-8H2,1-3H3. The topological polar surface area (TPSA) is 96.3 Å². The Morgan fingerprint density at radius 2 is 2.29 bits per heavy atom. The second-order valence-electron chi connectivity index (χ2n) is 3.70. The van der Waals surface area contributed by atoms with Crippen LogP contribution in [0.4, 0.5) is 0 Å². The summed E-state index contributed by atoms with van der Waals surface area (Å²) in [4.78, 5) is 14.3. The summed E-state index contributed by atoms with van der Waals surface area (Å²) < 4.78 is 9.98. The molecule has 1 unspecified atom stereocenters. The summed E-state index contributed by atoms with van der Waals surface area (Å²) in [6.07, 6.45) is 0.656. The van der Waals surface area contributed by atoms with Gasteiger partial charge in [-0.15, -0.1) is 0 Å². The van der Waals surface area contributed by atoms with Crippen molar-refractivity contribution in [3.63, 3.8) is 0 Å². The van der Waals surface area contributed by atoms with Crippen LogP contribution in [0.3, 0.4) is 0 Å². The minimum atomic E-state index is -0.860. The molecular formula is C10H20N4O3. The Hall–Kier alpha value is -1.30. The van der Waals surface area contributed by atoms with Crippen LogP contribution in [0.25, 0.3) is 10.4 Å². The first-order chi connectivity index (χ1) is 8.10. The minimum absolute atomic E-state index is 0.248. The number of nitrogens with one attached hydrogen (secondary N) is 1. The van der Waals surface area contributed by atoms with Gasteiger partial charge in [-0.3, -0.25) is 0 Å². The van der Waals surface area contributed by atoms with Crippen LogP contribution in [0, 0.1) is 0 Å². The lowest BCUT2D eigenvalue weighted by Gasteiger charge is -2.27. The van der Waals surface area contributed by atoms with E-state index in [0.29, 0.717) is 26.1 Å². The third kappa shape index (κ3) is 6.11. The van der Waals surface area contributed by atoms with Crippen LogP contribution in [-0.4, -0.2) is 44.9 Å². The maximum atomic E-state index is 11.6. The molecular weight excluding hydrogens is 224 g/mol. The van der Waals surface area contributed by atoms with Gasteiger partial charge in [0.05, 0.1) is 13.7 Å². The summed E-state index contributed by atoms with van der Waals surface area (Å²) in [6, 6.07) is 0. The molecule has 7 nitrogen and oxygen atoms in total. The summed E-state index contributed by atoms with van der Waals surface area (Å²) in [6.45, 7) is 5.32. The molecule has 0 saturated heterocycles. The predicted octanol–water partition coefficient (Wildman–Crippen LogP) is 1.24. The molecule has 98 valence electrons. The first kappa shape index (κ1) is 15.7. The Bertz CT molecular complexity index is 279. The van der Waals surface area contributed by atoms with Crippen LogP contribution < -0.4 is 5.32 Å². The molecule has 1 atom stereocenters. The number of carbonyl (C=O) groups is 1. The minimum Gasteiger partial charge on any atom is -0.468 e. The van der Waals surface area contributed by atoms with Gasteiger partial charge >= 0.3 is 5.97 Å². The molecule has 0 saturated carbocycles. The smallest absolute Gasteiger partial charge is 0.328 e. The number of esters is 1. The zero-order chi connectivity index (χ0) is 13.1. The van der Waals surface area contributed by atoms with Crippen LogP contribution in [-0.2, 0) is 14.3 Å². The summed E-state index contributed by atoms with van der Waals surface area (Å²) in [7, 11) is 1.34. The monoisotopic (exact) mass is 244 g/mol. The molecule has 0 aliphatic heterocycles. The highest BCUT2D eigenvalue weighted by Crippen LogP contribution is 2.07. The van der Waals surface area contributed by atoms with Gasteiger partial charge in [0.2, 0.25) is 0 Å². The average molecular weight is 244 g/mol. The Kier molecular flexibility index (Phi) is 8.13. The van der Waals surface area contributed by atoms with E-state index in [1.54, 1.807) is 6.92 Å². The molecule has 0 aromatic carbocycles. The fourth-order valence-corrected chi connectivity index (χ4v) is 1.27. The number of hydrogen-bond acceptors (Lipinski definition) is 5. The molecule has 0 spiro atoms. The van der Waals surface area contributed by atoms with E-state index in [9.17, 15) is 4.79 Å². The van der Waals surface area contributed by atoms with Crippen molar-refractivity contribution in [1.29, 1.82) is 0 Å². The molecule has 0 radical (unpaired) electrons. The number of carbonyl (C=O) groups excluding carboxylic acids is 1. The van der Waals surface area contributed by atoms with E-state index in [1.807, 2.05) is 6.92 Å². The van der Waals surface area contributed by atoms with Crippen molar-refractivity contribution >= 4 is 5.97 Å². The van der Waals surface area contributed by atoms with Crippen LogP contribution in [0.5, 0.6) is 0 Å². The molecule has 0 fully saturated rings. The number of rotatable bonds is 9. The number of methoxy groups -OCH3 is 1. The lowest BCUT2D eigenvalue weighted by atomic mass is 10.0. The first-order valence-corrected chi connectivity index (χ1v) is 5.52. The molecule has 0 bridgehead atoms. The fourth-order valence-electron chi connectivity index (χ4n) is 1.27. The number of nitrogens with zero attached hydrogens (tertiary/aromatic N) is 3. The zero-order valence-corrected chi connectivity index (χ0v) is 10.6. The molecule has 0 heterocycles. The van der Waals surface area contributed by atoms with Gasteiger partial charge < -0.3 is 14.8 Å². The van der Waals surface area contributed by atoms with Gasteiger partial charge in [-0.05, 0) is 32.3 Å². The van der Waals surface area contributed by atoms with Gasteiger partial charge in [0, 0.05) is 18.1 Å². The van der Waals surface area contributed by atoms with Gasteiger partial charge in [-0.1, -0.05) is 5.11 Å². The molecule has 0 aromatic heterocycles.